The van der Waals surface area contributed by atoms with Crippen LogP contribution < -0.4 is 10.0 Å². The number of nitrogens with zero attached hydrogens (tertiary/aromatic N) is 2. The van der Waals surface area contributed by atoms with Crippen LogP contribution in [0.1, 0.15) is 38.1 Å². The minimum Gasteiger partial charge on any atom is -0.384 e. The molecule has 1 saturated heterocycles. The van der Waals surface area contributed by atoms with Crippen LogP contribution >= 0.6 is 12.4 Å². The molecule has 0 atom stereocenters. The Labute approximate surface area is 163 Å². The number of piperidine rings is 1. The molecule has 1 aliphatic rings. The Kier molecular flexibility index (Phi) is 8.54. The van der Waals surface area contributed by atoms with Crippen LogP contribution in [0.5, 0.6) is 0 Å². The number of halogens is 1. The second kappa shape index (κ2) is 9.50. The fraction of sp³-hybridized carbons (Fsp3) is 0.824. The van der Waals surface area contributed by atoms with Gasteiger partial charge >= 0.3 is 0 Å². The van der Waals surface area contributed by atoms with E-state index in [0.717, 1.165) is 25.9 Å². The molecule has 152 valence electrons. The van der Waals surface area contributed by atoms with Crippen molar-refractivity contribution < 1.29 is 13.2 Å². The van der Waals surface area contributed by atoms with E-state index < -0.39 is 10.0 Å². The van der Waals surface area contributed by atoms with Crippen molar-refractivity contribution in [2.45, 2.75) is 52.0 Å². The minimum atomic E-state index is -3.60. The normalized spacial score (nSPS) is 17.3. The maximum absolute atomic E-state index is 12.9. The minimum absolute atomic E-state index is 0. The molecule has 7 nitrogen and oxygen atoms in total. The van der Waals surface area contributed by atoms with Gasteiger partial charge in [0.25, 0.3) is 0 Å². The van der Waals surface area contributed by atoms with Crippen LogP contribution in [0.15, 0.2) is 4.90 Å². The lowest BCUT2D eigenvalue weighted by Crippen LogP contribution is -2.47. The molecular weight excluding hydrogens is 376 g/mol. The van der Waals surface area contributed by atoms with Crippen molar-refractivity contribution in [1.82, 2.24) is 19.8 Å². The molecule has 1 aromatic heterocycles. The molecule has 1 fully saturated rings. The van der Waals surface area contributed by atoms with Gasteiger partial charge in [0.15, 0.2) is 0 Å². The third-order valence-electron chi connectivity index (χ3n) is 4.87. The van der Waals surface area contributed by atoms with E-state index in [9.17, 15) is 8.42 Å². The fourth-order valence-electron chi connectivity index (χ4n) is 3.55. The summed E-state index contributed by atoms with van der Waals surface area (Å²) in [6.45, 7) is 11.2. The van der Waals surface area contributed by atoms with E-state index in [0.29, 0.717) is 41.9 Å². The summed E-state index contributed by atoms with van der Waals surface area (Å²) in [4.78, 5) is 0.314. The van der Waals surface area contributed by atoms with Crippen LogP contribution in [0, 0.1) is 25.2 Å². The van der Waals surface area contributed by atoms with Gasteiger partial charge in [0.1, 0.15) is 4.90 Å². The summed E-state index contributed by atoms with van der Waals surface area (Å²) in [5.74, 6) is 0.404. The van der Waals surface area contributed by atoms with Crippen molar-refractivity contribution in [2.75, 3.05) is 33.4 Å². The van der Waals surface area contributed by atoms with Crippen LogP contribution in [-0.4, -0.2) is 51.5 Å². The summed E-state index contributed by atoms with van der Waals surface area (Å²) in [5, 5.41) is 7.75. The monoisotopic (exact) mass is 408 g/mol. The van der Waals surface area contributed by atoms with Crippen molar-refractivity contribution in [1.29, 1.82) is 0 Å². The molecule has 2 rings (SSSR count). The van der Waals surface area contributed by atoms with E-state index in [4.69, 9.17) is 4.74 Å². The van der Waals surface area contributed by atoms with Crippen molar-refractivity contribution >= 4 is 22.4 Å². The van der Waals surface area contributed by atoms with E-state index in [2.05, 4.69) is 29.0 Å². The number of sulfonamides is 1. The van der Waals surface area contributed by atoms with E-state index in [-0.39, 0.29) is 17.8 Å². The third kappa shape index (κ3) is 5.42. The summed E-state index contributed by atoms with van der Waals surface area (Å²) >= 11 is 0. The smallest absolute Gasteiger partial charge is 0.244 e. The lowest BCUT2D eigenvalue weighted by Gasteiger charge is -2.37. The first-order valence-corrected chi connectivity index (χ1v) is 10.4. The van der Waals surface area contributed by atoms with Gasteiger partial charge in [-0.1, -0.05) is 13.8 Å². The topological polar surface area (TPSA) is 85.2 Å². The molecule has 0 saturated carbocycles. The summed E-state index contributed by atoms with van der Waals surface area (Å²) in [6, 6.07) is 0. The quantitative estimate of drug-likeness (QED) is 0.685. The van der Waals surface area contributed by atoms with Gasteiger partial charge in [0.2, 0.25) is 10.0 Å². The molecule has 1 aromatic rings. The maximum Gasteiger partial charge on any atom is 0.244 e. The average molecular weight is 409 g/mol. The highest BCUT2D eigenvalue weighted by Crippen LogP contribution is 2.29. The summed E-state index contributed by atoms with van der Waals surface area (Å²) in [7, 11) is -1.93. The summed E-state index contributed by atoms with van der Waals surface area (Å²) in [6.07, 6.45) is 1.79. The van der Waals surface area contributed by atoms with Gasteiger partial charge in [0.05, 0.1) is 18.0 Å². The zero-order valence-electron chi connectivity index (χ0n) is 16.5. The Morgan fingerprint density at radius 1 is 1.31 bits per heavy atom. The Hall–Kier alpha value is -0.670. The number of hydrogen-bond acceptors (Lipinski definition) is 5. The Balaban J connectivity index is 0.00000338. The van der Waals surface area contributed by atoms with Crippen molar-refractivity contribution in [2.24, 2.45) is 11.3 Å². The molecule has 2 heterocycles. The molecule has 1 aliphatic heterocycles. The van der Waals surface area contributed by atoms with E-state index in [1.165, 1.54) is 0 Å². The van der Waals surface area contributed by atoms with E-state index in [1.807, 2.05) is 6.92 Å². The highest BCUT2D eigenvalue weighted by atomic mass is 35.5. The molecule has 0 bridgehead atoms. The zero-order chi connectivity index (χ0) is 18.7. The van der Waals surface area contributed by atoms with Gasteiger partial charge in [-0.2, -0.15) is 5.10 Å². The second-order valence-corrected chi connectivity index (χ2v) is 9.29. The first kappa shape index (κ1) is 23.4. The number of aryl methyl sites for hydroxylation is 1. The molecule has 26 heavy (non-hydrogen) atoms. The number of ether oxygens (including phenoxy) is 1. The van der Waals surface area contributed by atoms with Gasteiger partial charge in [-0.15, -0.1) is 12.4 Å². The van der Waals surface area contributed by atoms with E-state index >= 15 is 0 Å². The second-order valence-electron chi connectivity index (χ2n) is 7.58. The fourth-order valence-corrected chi connectivity index (χ4v) is 5.11. The van der Waals surface area contributed by atoms with Gasteiger partial charge in [-0.25, -0.2) is 13.1 Å². The summed E-state index contributed by atoms with van der Waals surface area (Å²) < 4.78 is 35.9. The van der Waals surface area contributed by atoms with Gasteiger partial charge in [0, 0.05) is 25.6 Å². The Bertz CT molecular complexity index is 677. The van der Waals surface area contributed by atoms with Gasteiger partial charge < -0.3 is 10.1 Å². The van der Waals surface area contributed by atoms with Crippen LogP contribution in [-0.2, 0) is 21.3 Å². The molecule has 0 radical (unpaired) electrons. The highest BCUT2D eigenvalue weighted by molar-refractivity contribution is 7.89. The molecule has 0 unspecified atom stereocenters. The number of hydrogen-bond donors (Lipinski definition) is 2. The SMILES string of the molecule is COCC1(CNS(=O)(=O)c2c(C)nn(CC(C)C)c2C)CCNCC1.Cl. The predicted octanol–water partition coefficient (Wildman–Crippen LogP) is 1.87. The standard InChI is InChI=1S/C17H32N4O3S.ClH/c1-13(2)10-21-15(4)16(14(3)20-21)25(22,23)19-11-17(12-24-5)6-8-18-9-7-17;/h13,18-19H,6-12H2,1-5H3;1H. The van der Waals surface area contributed by atoms with Crippen LogP contribution in [0.3, 0.4) is 0 Å². The number of nitrogens with one attached hydrogen (secondary N) is 2. The van der Waals surface area contributed by atoms with Crippen LogP contribution in [0.25, 0.3) is 0 Å². The average Bonchev–Trinajstić information content (AvgIpc) is 2.81. The number of aromatic nitrogens is 2. The molecule has 9 heteroatoms. The van der Waals surface area contributed by atoms with Crippen LogP contribution in [0.4, 0.5) is 0 Å². The van der Waals surface area contributed by atoms with Crippen molar-refractivity contribution in [3.63, 3.8) is 0 Å². The molecule has 0 aromatic carbocycles. The highest BCUT2D eigenvalue weighted by Gasteiger charge is 2.34. The Morgan fingerprint density at radius 2 is 1.92 bits per heavy atom. The molecule has 0 aliphatic carbocycles. The predicted molar refractivity (Wildman–Crippen MR) is 105 cm³/mol. The zero-order valence-corrected chi connectivity index (χ0v) is 18.1. The number of rotatable bonds is 8. The molecule has 0 spiro atoms. The van der Waals surface area contributed by atoms with Crippen molar-refractivity contribution in [3.8, 4) is 0 Å². The Morgan fingerprint density at radius 3 is 2.46 bits per heavy atom. The lowest BCUT2D eigenvalue weighted by atomic mass is 9.80. The maximum atomic E-state index is 12.9. The van der Waals surface area contributed by atoms with Crippen LogP contribution in [0.2, 0.25) is 0 Å². The van der Waals surface area contributed by atoms with Gasteiger partial charge in [-0.05, 0) is 45.7 Å². The van der Waals surface area contributed by atoms with E-state index in [1.54, 1.807) is 18.7 Å². The lowest BCUT2D eigenvalue weighted by molar-refractivity contribution is 0.0577. The first-order valence-electron chi connectivity index (χ1n) is 8.94. The molecular formula is C17H33ClN4O3S. The van der Waals surface area contributed by atoms with Gasteiger partial charge in [-0.3, -0.25) is 4.68 Å². The number of methoxy groups -OCH3 is 1. The first-order chi connectivity index (χ1) is 11.7. The van der Waals surface area contributed by atoms with Crippen molar-refractivity contribution in [3.05, 3.63) is 11.4 Å². The molecule has 2 N–H and O–H groups in total. The largest absolute Gasteiger partial charge is 0.384 e. The third-order valence-corrected chi connectivity index (χ3v) is 6.53. The summed E-state index contributed by atoms with van der Waals surface area (Å²) in [5.41, 5.74) is 1.10. The molecule has 0 amide bonds.